The number of nitrogens with zero attached hydrogens (tertiary/aromatic N) is 1. The van der Waals surface area contributed by atoms with Crippen molar-refractivity contribution in [2.24, 2.45) is 0 Å². The van der Waals surface area contributed by atoms with Crippen LogP contribution >= 0.6 is 11.3 Å². The number of benzene rings is 2. The lowest BCUT2D eigenvalue weighted by Crippen LogP contribution is -2.35. The molecule has 1 unspecified atom stereocenters. The predicted octanol–water partition coefficient (Wildman–Crippen LogP) is 3.76. The zero-order valence-electron chi connectivity index (χ0n) is 17.9. The molecule has 1 heterocycles. The Morgan fingerprint density at radius 3 is 2.50 bits per heavy atom. The van der Waals surface area contributed by atoms with Gasteiger partial charge in [-0.15, -0.1) is 11.3 Å². The number of halogens is 1. The van der Waals surface area contributed by atoms with Crippen LogP contribution in [0.15, 0.2) is 47.8 Å². The van der Waals surface area contributed by atoms with E-state index in [2.05, 4.69) is 10.3 Å². The molecular weight excluding hydrogens is 435 g/mol. The van der Waals surface area contributed by atoms with Crippen LogP contribution in [0.1, 0.15) is 18.2 Å². The Morgan fingerprint density at radius 1 is 1.09 bits per heavy atom. The molecule has 0 saturated carbocycles. The number of amides is 1. The zero-order chi connectivity index (χ0) is 23.1. The van der Waals surface area contributed by atoms with Crippen molar-refractivity contribution in [1.29, 1.82) is 0 Å². The number of carbonyl (C=O) groups is 2. The van der Waals surface area contributed by atoms with Gasteiger partial charge < -0.3 is 19.5 Å². The highest BCUT2D eigenvalue weighted by Gasteiger charge is 2.19. The molecule has 168 valence electrons. The molecule has 1 N–H and O–H groups in total. The highest BCUT2D eigenvalue weighted by atomic mass is 32.1. The number of carbonyl (C=O) groups excluding carboxylic acids is 2. The van der Waals surface area contributed by atoms with Crippen LogP contribution < -0.4 is 14.8 Å². The Balaban J connectivity index is 1.53. The number of ether oxygens (including phenoxy) is 3. The van der Waals surface area contributed by atoms with Crippen molar-refractivity contribution in [3.63, 3.8) is 0 Å². The molecule has 9 heteroatoms. The summed E-state index contributed by atoms with van der Waals surface area (Å²) in [6.45, 7) is 1.70. The largest absolute Gasteiger partial charge is 0.493 e. The Kier molecular flexibility index (Phi) is 7.77. The molecule has 32 heavy (non-hydrogen) atoms. The summed E-state index contributed by atoms with van der Waals surface area (Å²) < 4.78 is 28.7. The van der Waals surface area contributed by atoms with Gasteiger partial charge in [0.25, 0.3) is 5.91 Å². The Hall–Kier alpha value is -3.46. The Bertz CT molecular complexity index is 1080. The van der Waals surface area contributed by atoms with Crippen LogP contribution in [0.5, 0.6) is 11.5 Å². The highest BCUT2D eigenvalue weighted by Crippen LogP contribution is 2.33. The quantitative estimate of drug-likeness (QED) is 0.492. The molecule has 0 spiro atoms. The summed E-state index contributed by atoms with van der Waals surface area (Å²) in [5, 5.41) is 5.15. The lowest BCUT2D eigenvalue weighted by Gasteiger charge is -2.13. The average Bonchev–Trinajstić information content (AvgIpc) is 3.26. The molecule has 1 atom stereocenters. The normalized spacial score (nSPS) is 11.5. The summed E-state index contributed by atoms with van der Waals surface area (Å²) in [6.07, 6.45) is -1.02. The molecule has 1 amide bonds. The number of aromatic nitrogens is 1. The van der Waals surface area contributed by atoms with E-state index < -0.39 is 18.0 Å². The van der Waals surface area contributed by atoms with Gasteiger partial charge in [0, 0.05) is 17.5 Å². The molecule has 3 aromatic rings. The first-order valence-corrected chi connectivity index (χ1v) is 10.7. The first-order chi connectivity index (χ1) is 15.4. The van der Waals surface area contributed by atoms with E-state index in [1.807, 2.05) is 12.1 Å². The number of thiazole rings is 1. The van der Waals surface area contributed by atoms with Crippen molar-refractivity contribution in [3.05, 3.63) is 64.9 Å². The van der Waals surface area contributed by atoms with Crippen LogP contribution in [-0.2, 0) is 27.3 Å². The molecule has 0 aliphatic heterocycles. The van der Waals surface area contributed by atoms with E-state index in [0.29, 0.717) is 17.2 Å². The van der Waals surface area contributed by atoms with Gasteiger partial charge in [0.05, 0.1) is 26.3 Å². The van der Waals surface area contributed by atoms with E-state index in [9.17, 15) is 14.0 Å². The summed E-state index contributed by atoms with van der Waals surface area (Å²) >= 11 is 1.39. The third kappa shape index (κ3) is 6.04. The summed E-state index contributed by atoms with van der Waals surface area (Å²) in [4.78, 5) is 28.9. The summed E-state index contributed by atoms with van der Waals surface area (Å²) in [6, 6.07) is 11.2. The standard InChI is InChI=1S/C23H23FN2O5S/c1-14(22(28)25-12-15-4-7-17(24)8-5-15)31-21(27)11-18-13-32-23(26-18)16-6-9-19(29-2)20(10-16)30-3/h4-10,13-14H,11-12H2,1-3H3,(H,25,28). The predicted molar refractivity (Wildman–Crippen MR) is 118 cm³/mol. The Morgan fingerprint density at radius 2 is 1.81 bits per heavy atom. The van der Waals surface area contributed by atoms with Crippen LogP contribution in [0.25, 0.3) is 10.6 Å². The minimum Gasteiger partial charge on any atom is -0.493 e. The van der Waals surface area contributed by atoms with E-state index in [-0.39, 0.29) is 18.8 Å². The van der Waals surface area contributed by atoms with Crippen molar-refractivity contribution in [3.8, 4) is 22.1 Å². The topological polar surface area (TPSA) is 86.8 Å². The third-order valence-electron chi connectivity index (χ3n) is 4.57. The average molecular weight is 459 g/mol. The number of esters is 1. The maximum atomic E-state index is 12.9. The van der Waals surface area contributed by atoms with E-state index >= 15 is 0 Å². The van der Waals surface area contributed by atoms with Crippen LogP contribution in [0.3, 0.4) is 0 Å². The maximum absolute atomic E-state index is 12.9. The van der Waals surface area contributed by atoms with Gasteiger partial charge in [-0.05, 0) is 42.8 Å². The number of hydrogen-bond acceptors (Lipinski definition) is 7. The molecule has 0 fully saturated rings. The fraction of sp³-hybridized carbons (Fsp3) is 0.261. The Labute approximate surface area is 189 Å². The highest BCUT2D eigenvalue weighted by molar-refractivity contribution is 7.13. The second-order valence-corrected chi connectivity index (χ2v) is 7.72. The first kappa shape index (κ1) is 23.2. The van der Waals surface area contributed by atoms with E-state index in [1.165, 1.54) is 30.4 Å². The second kappa shape index (κ2) is 10.7. The van der Waals surface area contributed by atoms with Gasteiger partial charge in [0.15, 0.2) is 17.6 Å². The summed E-state index contributed by atoms with van der Waals surface area (Å²) in [5.41, 5.74) is 2.12. The SMILES string of the molecule is COc1ccc(-c2nc(CC(=O)OC(C)C(=O)NCc3ccc(F)cc3)cs2)cc1OC. The number of nitrogens with one attached hydrogen (secondary N) is 1. The van der Waals surface area contributed by atoms with Crippen molar-refractivity contribution >= 4 is 23.2 Å². The molecule has 2 aromatic carbocycles. The molecule has 1 aromatic heterocycles. The van der Waals surface area contributed by atoms with E-state index in [1.54, 1.807) is 37.8 Å². The zero-order valence-corrected chi connectivity index (χ0v) is 18.7. The van der Waals surface area contributed by atoms with Crippen LogP contribution in [0.4, 0.5) is 4.39 Å². The molecule has 3 rings (SSSR count). The van der Waals surface area contributed by atoms with Crippen molar-refractivity contribution < 1.29 is 28.2 Å². The summed E-state index contributed by atoms with van der Waals surface area (Å²) in [5.74, 6) is -0.144. The molecule has 0 radical (unpaired) electrons. The molecule has 0 bridgehead atoms. The van der Waals surface area contributed by atoms with Gasteiger partial charge in [0.2, 0.25) is 0 Å². The maximum Gasteiger partial charge on any atom is 0.312 e. The molecular formula is C23H23FN2O5S. The number of rotatable bonds is 9. The van der Waals surface area contributed by atoms with Gasteiger partial charge in [-0.3, -0.25) is 9.59 Å². The lowest BCUT2D eigenvalue weighted by atomic mass is 10.2. The first-order valence-electron chi connectivity index (χ1n) is 9.78. The molecule has 0 aliphatic rings. The van der Waals surface area contributed by atoms with Crippen LogP contribution in [-0.4, -0.2) is 37.2 Å². The smallest absolute Gasteiger partial charge is 0.312 e. The van der Waals surface area contributed by atoms with Gasteiger partial charge in [-0.2, -0.15) is 0 Å². The minimum absolute atomic E-state index is 0.0562. The monoisotopic (exact) mass is 458 g/mol. The molecule has 0 saturated heterocycles. The van der Waals surface area contributed by atoms with Crippen molar-refractivity contribution in [1.82, 2.24) is 10.3 Å². The summed E-state index contributed by atoms with van der Waals surface area (Å²) in [7, 11) is 3.12. The van der Waals surface area contributed by atoms with Crippen molar-refractivity contribution in [2.45, 2.75) is 26.0 Å². The van der Waals surface area contributed by atoms with E-state index in [0.717, 1.165) is 16.1 Å². The lowest BCUT2D eigenvalue weighted by molar-refractivity contribution is -0.154. The third-order valence-corrected chi connectivity index (χ3v) is 5.51. The van der Waals surface area contributed by atoms with Gasteiger partial charge in [-0.25, -0.2) is 9.37 Å². The van der Waals surface area contributed by atoms with Gasteiger partial charge >= 0.3 is 5.97 Å². The molecule has 7 nitrogen and oxygen atoms in total. The second-order valence-electron chi connectivity index (χ2n) is 6.87. The molecule has 0 aliphatic carbocycles. The fourth-order valence-electron chi connectivity index (χ4n) is 2.87. The van der Waals surface area contributed by atoms with Gasteiger partial charge in [0.1, 0.15) is 10.8 Å². The minimum atomic E-state index is -0.966. The van der Waals surface area contributed by atoms with Crippen LogP contribution in [0, 0.1) is 5.82 Å². The fourth-order valence-corrected chi connectivity index (χ4v) is 3.68. The van der Waals surface area contributed by atoms with Gasteiger partial charge in [-0.1, -0.05) is 12.1 Å². The number of hydrogen-bond donors (Lipinski definition) is 1. The van der Waals surface area contributed by atoms with E-state index in [4.69, 9.17) is 14.2 Å². The van der Waals surface area contributed by atoms with Crippen molar-refractivity contribution in [2.75, 3.05) is 14.2 Å². The van der Waals surface area contributed by atoms with Crippen LogP contribution in [0.2, 0.25) is 0 Å². The number of methoxy groups -OCH3 is 2.